The van der Waals surface area contributed by atoms with Crippen molar-refractivity contribution in [2.75, 3.05) is 0 Å². The summed E-state index contributed by atoms with van der Waals surface area (Å²) in [5, 5.41) is 8.29. The minimum absolute atomic E-state index is 0.145. The van der Waals surface area contributed by atoms with Crippen LogP contribution in [0.4, 0.5) is 0 Å². The van der Waals surface area contributed by atoms with E-state index in [4.69, 9.17) is 5.10 Å². The van der Waals surface area contributed by atoms with E-state index in [-0.39, 0.29) is 24.4 Å². The molecular formula is C27H23N5O2. The summed E-state index contributed by atoms with van der Waals surface area (Å²) in [6, 6.07) is 27.0. The van der Waals surface area contributed by atoms with E-state index in [0.717, 1.165) is 22.5 Å². The number of amides is 1. The molecule has 1 amide bonds. The van der Waals surface area contributed by atoms with Crippen LogP contribution in [0.25, 0.3) is 27.8 Å². The second-order valence-electron chi connectivity index (χ2n) is 7.94. The van der Waals surface area contributed by atoms with Crippen molar-refractivity contribution in [1.29, 1.82) is 0 Å². The molecular weight excluding hydrogens is 426 g/mol. The lowest BCUT2D eigenvalue weighted by Gasteiger charge is -2.08. The highest BCUT2D eigenvalue weighted by molar-refractivity contribution is 5.77. The number of hydrogen-bond donors (Lipinski definition) is 1. The molecule has 0 aliphatic rings. The fraction of sp³-hybridized carbons (Fsp3) is 0.111. The molecule has 7 nitrogen and oxygen atoms in total. The fourth-order valence-electron chi connectivity index (χ4n) is 3.86. The van der Waals surface area contributed by atoms with Gasteiger partial charge in [-0.1, -0.05) is 60.7 Å². The third-order valence-electron chi connectivity index (χ3n) is 5.65. The third-order valence-corrected chi connectivity index (χ3v) is 5.65. The number of carbonyl (C=O) groups excluding carboxylic acids is 1. The highest BCUT2D eigenvalue weighted by Crippen LogP contribution is 2.23. The molecule has 3 aromatic carbocycles. The zero-order chi connectivity index (χ0) is 23.3. The number of nitrogens with one attached hydrogen (secondary N) is 1. The van der Waals surface area contributed by atoms with Crippen LogP contribution in [-0.4, -0.2) is 25.2 Å². The summed E-state index contributed by atoms with van der Waals surface area (Å²) in [5.74, 6) is -0.147. The van der Waals surface area contributed by atoms with E-state index in [9.17, 15) is 9.59 Å². The van der Waals surface area contributed by atoms with Gasteiger partial charge in [0.25, 0.3) is 5.56 Å². The number of fused-ring (bicyclic) bond motifs is 1. The van der Waals surface area contributed by atoms with Gasteiger partial charge in [0, 0.05) is 36.8 Å². The predicted molar refractivity (Wildman–Crippen MR) is 131 cm³/mol. The molecule has 0 spiro atoms. The smallest absolute Gasteiger partial charge is 0.261 e. The van der Waals surface area contributed by atoms with Crippen LogP contribution < -0.4 is 10.9 Å². The minimum Gasteiger partial charge on any atom is -0.352 e. The Balaban J connectivity index is 1.31. The van der Waals surface area contributed by atoms with Gasteiger partial charge in [0.15, 0.2) is 0 Å². The Bertz CT molecular complexity index is 1490. The Morgan fingerprint density at radius 1 is 0.882 bits per heavy atom. The van der Waals surface area contributed by atoms with Gasteiger partial charge in [-0.2, -0.15) is 5.10 Å². The van der Waals surface area contributed by atoms with E-state index in [1.165, 1.54) is 10.9 Å². The van der Waals surface area contributed by atoms with E-state index in [1.54, 1.807) is 12.1 Å². The Hall–Kier alpha value is -4.52. The monoisotopic (exact) mass is 449 g/mol. The number of hydrogen-bond acceptors (Lipinski definition) is 4. The fourth-order valence-corrected chi connectivity index (χ4v) is 3.86. The number of benzene rings is 3. The van der Waals surface area contributed by atoms with Crippen molar-refractivity contribution < 1.29 is 4.79 Å². The van der Waals surface area contributed by atoms with E-state index in [0.29, 0.717) is 17.4 Å². The number of carbonyl (C=O) groups is 1. The van der Waals surface area contributed by atoms with Gasteiger partial charge in [-0.05, 0) is 24.3 Å². The molecule has 0 atom stereocenters. The zero-order valence-corrected chi connectivity index (χ0v) is 18.5. The molecule has 5 aromatic rings. The Kier molecular flexibility index (Phi) is 5.99. The second kappa shape index (κ2) is 9.54. The molecule has 0 fully saturated rings. The van der Waals surface area contributed by atoms with Gasteiger partial charge in [0.2, 0.25) is 5.91 Å². The molecule has 5 rings (SSSR count). The lowest BCUT2D eigenvalue weighted by Crippen LogP contribution is -2.27. The standard InChI is InChI=1S/C27H23N5O2/c33-25(15-16-31-19-29-24-14-8-7-13-23(24)27(31)34)28-17-21-18-32(22-11-5-2-6-12-22)30-26(21)20-9-3-1-4-10-20/h1-14,18-19H,15-17H2,(H,28,33). The Morgan fingerprint density at radius 2 is 1.59 bits per heavy atom. The number of rotatable bonds is 7. The van der Waals surface area contributed by atoms with Crippen LogP contribution in [0.2, 0.25) is 0 Å². The largest absolute Gasteiger partial charge is 0.352 e. The normalized spacial score (nSPS) is 10.9. The molecule has 0 bridgehead atoms. The first kappa shape index (κ1) is 21.3. The van der Waals surface area contributed by atoms with Crippen molar-refractivity contribution in [3.63, 3.8) is 0 Å². The molecule has 34 heavy (non-hydrogen) atoms. The summed E-state index contributed by atoms with van der Waals surface area (Å²) >= 11 is 0. The average Bonchev–Trinajstić information content (AvgIpc) is 3.33. The van der Waals surface area contributed by atoms with Gasteiger partial charge >= 0.3 is 0 Å². The first-order chi connectivity index (χ1) is 16.7. The molecule has 0 unspecified atom stereocenters. The van der Waals surface area contributed by atoms with Crippen LogP contribution in [0.1, 0.15) is 12.0 Å². The number of aromatic nitrogens is 4. The Labute approximate surface area is 196 Å². The van der Waals surface area contributed by atoms with Crippen molar-refractivity contribution in [1.82, 2.24) is 24.6 Å². The van der Waals surface area contributed by atoms with Crippen molar-refractivity contribution in [3.05, 3.63) is 113 Å². The predicted octanol–water partition coefficient (Wildman–Crippen LogP) is 3.96. The summed E-state index contributed by atoms with van der Waals surface area (Å²) in [6.45, 7) is 0.595. The van der Waals surface area contributed by atoms with Crippen molar-refractivity contribution >= 4 is 16.8 Å². The molecule has 168 valence electrons. The number of nitrogens with zero attached hydrogens (tertiary/aromatic N) is 4. The topological polar surface area (TPSA) is 81.8 Å². The molecule has 0 saturated heterocycles. The average molecular weight is 450 g/mol. The molecule has 0 aliphatic heterocycles. The third kappa shape index (κ3) is 4.49. The van der Waals surface area contributed by atoms with Gasteiger partial charge in [-0.3, -0.25) is 14.2 Å². The van der Waals surface area contributed by atoms with Crippen LogP contribution >= 0.6 is 0 Å². The minimum atomic E-state index is -0.147. The van der Waals surface area contributed by atoms with E-state index < -0.39 is 0 Å². The molecule has 2 heterocycles. The van der Waals surface area contributed by atoms with Crippen molar-refractivity contribution in [3.8, 4) is 16.9 Å². The SMILES string of the molecule is O=C(CCn1cnc2ccccc2c1=O)NCc1cn(-c2ccccc2)nc1-c1ccccc1. The summed E-state index contributed by atoms with van der Waals surface area (Å²) in [4.78, 5) is 29.6. The second-order valence-corrected chi connectivity index (χ2v) is 7.94. The molecule has 0 saturated carbocycles. The van der Waals surface area contributed by atoms with Gasteiger partial charge in [0.05, 0.1) is 28.6 Å². The summed E-state index contributed by atoms with van der Waals surface area (Å²) in [7, 11) is 0. The molecule has 7 heteroatoms. The summed E-state index contributed by atoms with van der Waals surface area (Å²) in [5.41, 5.74) is 4.16. The van der Waals surface area contributed by atoms with Crippen molar-refractivity contribution in [2.45, 2.75) is 19.5 Å². The summed E-state index contributed by atoms with van der Waals surface area (Å²) in [6.07, 6.45) is 3.61. The van der Waals surface area contributed by atoms with E-state index in [1.807, 2.05) is 83.7 Å². The van der Waals surface area contributed by atoms with Gasteiger partial charge in [0.1, 0.15) is 0 Å². The van der Waals surface area contributed by atoms with Gasteiger partial charge in [-0.25, -0.2) is 9.67 Å². The zero-order valence-electron chi connectivity index (χ0n) is 18.5. The van der Waals surface area contributed by atoms with Crippen molar-refractivity contribution in [2.24, 2.45) is 0 Å². The Morgan fingerprint density at radius 3 is 2.38 bits per heavy atom. The van der Waals surface area contributed by atoms with E-state index in [2.05, 4.69) is 10.3 Å². The molecule has 0 radical (unpaired) electrons. The summed E-state index contributed by atoms with van der Waals surface area (Å²) < 4.78 is 3.30. The quantitative estimate of drug-likeness (QED) is 0.408. The first-order valence-electron chi connectivity index (χ1n) is 11.1. The highest BCUT2D eigenvalue weighted by Gasteiger charge is 2.14. The first-order valence-corrected chi connectivity index (χ1v) is 11.1. The maximum Gasteiger partial charge on any atom is 0.261 e. The molecule has 2 aromatic heterocycles. The number of aryl methyl sites for hydroxylation is 1. The maximum absolute atomic E-state index is 12.6. The van der Waals surface area contributed by atoms with Crippen LogP contribution in [0.3, 0.4) is 0 Å². The van der Waals surface area contributed by atoms with Crippen LogP contribution in [0, 0.1) is 0 Å². The van der Waals surface area contributed by atoms with Crippen LogP contribution in [0.15, 0.2) is 102 Å². The number of para-hydroxylation sites is 2. The van der Waals surface area contributed by atoms with Gasteiger partial charge in [-0.15, -0.1) is 0 Å². The molecule has 0 aliphatic carbocycles. The van der Waals surface area contributed by atoms with Crippen LogP contribution in [-0.2, 0) is 17.9 Å². The lowest BCUT2D eigenvalue weighted by atomic mass is 10.1. The maximum atomic E-state index is 12.6. The lowest BCUT2D eigenvalue weighted by molar-refractivity contribution is -0.121. The highest BCUT2D eigenvalue weighted by atomic mass is 16.1. The van der Waals surface area contributed by atoms with E-state index >= 15 is 0 Å². The van der Waals surface area contributed by atoms with Crippen LogP contribution in [0.5, 0.6) is 0 Å². The molecule has 1 N–H and O–H groups in total. The van der Waals surface area contributed by atoms with Gasteiger partial charge < -0.3 is 5.32 Å².